The number of aromatic nitrogens is 1. The molecule has 1 aromatic heterocycles. The van der Waals surface area contributed by atoms with E-state index in [1.165, 1.54) is 4.90 Å². The van der Waals surface area contributed by atoms with Crippen molar-refractivity contribution in [2.75, 3.05) is 18.6 Å². The Labute approximate surface area is 82.5 Å². The second-order valence-electron chi connectivity index (χ2n) is 3.22. The van der Waals surface area contributed by atoms with Crippen molar-refractivity contribution in [3.05, 3.63) is 17.8 Å². The first-order valence-corrected chi connectivity index (χ1v) is 4.61. The lowest BCUT2D eigenvalue weighted by atomic mass is 10.2. The van der Waals surface area contributed by atoms with Gasteiger partial charge in [-0.15, -0.1) is 0 Å². The third kappa shape index (κ3) is 1.32. The van der Waals surface area contributed by atoms with E-state index in [1.807, 2.05) is 19.1 Å². The van der Waals surface area contributed by atoms with Crippen LogP contribution in [0.1, 0.15) is 12.6 Å². The number of anilines is 1. The lowest BCUT2D eigenvalue weighted by molar-refractivity contribution is -0.121. The van der Waals surface area contributed by atoms with Gasteiger partial charge in [0.05, 0.1) is 0 Å². The van der Waals surface area contributed by atoms with Gasteiger partial charge in [0, 0.05) is 12.7 Å². The lowest BCUT2D eigenvalue weighted by Crippen LogP contribution is -2.36. The molecule has 0 bridgehead atoms. The molecule has 0 saturated heterocycles. The molecule has 0 aliphatic carbocycles. The molecular weight excluding hydrogens is 180 g/mol. The van der Waals surface area contributed by atoms with Crippen LogP contribution < -0.4 is 9.64 Å². The molecule has 0 N–H and O–H groups in total. The fourth-order valence-electron chi connectivity index (χ4n) is 1.38. The third-order valence-corrected chi connectivity index (χ3v) is 2.30. The minimum atomic E-state index is -0.0572. The summed E-state index contributed by atoms with van der Waals surface area (Å²) in [6.45, 7) is 2.14. The molecule has 0 radical (unpaired) electrons. The van der Waals surface area contributed by atoms with Crippen molar-refractivity contribution in [3.63, 3.8) is 0 Å². The van der Waals surface area contributed by atoms with Gasteiger partial charge in [0.15, 0.2) is 18.2 Å². The number of likely N-dealkylation sites (N-methyl/N-ethyl adjacent to an activating group) is 1. The smallest absolute Gasteiger partial charge is 0.265 e. The molecule has 2 rings (SSSR count). The van der Waals surface area contributed by atoms with E-state index in [2.05, 4.69) is 4.98 Å². The number of hydrogen-bond donors (Lipinski definition) is 0. The van der Waals surface area contributed by atoms with Crippen molar-refractivity contribution in [1.29, 1.82) is 0 Å². The van der Waals surface area contributed by atoms with E-state index in [-0.39, 0.29) is 12.5 Å². The topological polar surface area (TPSA) is 42.4 Å². The maximum Gasteiger partial charge on any atom is 0.265 e. The Morgan fingerprint density at radius 1 is 1.57 bits per heavy atom. The summed E-state index contributed by atoms with van der Waals surface area (Å²) in [7, 11) is 1.72. The summed E-state index contributed by atoms with van der Waals surface area (Å²) >= 11 is 0. The second-order valence-corrected chi connectivity index (χ2v) is 3.22. The molecule has 1 amide bonds. The number of hydrogen-bond acceptors (Lipinski definition) is 3. The summed E-state index contributed by atoms with van der Waals surface area (Å²) in [5.41, 5.74) is 0.967. The predicted molar refractivity (Wildman–Crippen MR) is 52.5 cm³/mol. The van der Waals surface area contributed by atoms with Crippen molar-refractivity contribution in [2.24, 2.45) is 0 Å². The van der Waals surface area contributed by atoms with Gasteiger partial charge in [-0.2, -0.15) is 0 Å². The SMILES string of the molecule is CCc1ccc2c(n1)N(C)C(=O)CO2. The molecule has 0 aromatic carbocycles. The van der Waals surface area contributed by atoms with Crippen molar-refractivity contribution in [3.8, 4) is 5.75 Å². The van der Waals surface area contributed by atoms with Gasteiger partial charge in [-0.05, 0) is 18.6 Å². The normalized spacial score (nSPS) is 15.0. The van der Waals surface area contributed by atoms with Crippen molar-refractivity contribution < 1.29 is 9.53 Å². The van der Waals surface area contributed by atoms with Crippen LogP contribution in [0.25, 0.3) is 0 Å². The Morgan fingerprint density at radius 2 is 2.36 bits per heavy atom. The monoisotopic (exact) mass is 192 g/mol. The van der Waals surface area contributed by atoms with Crippen LogP contribution in [0.3, 0.4) is 0 Å². The first kappa shape index (κ1) is 8.99. The molecule has 0 fully saturated rings. The highest BCUT2D eigenvalue weighted by molar-refractivity contribution is 5.96. The Morgan fingerprint density at radius 3 is 3.07 bits per heavy atom. The van der Waals surface area contributed by atoms with Gasteiger partial charge in [0.1, 0.15) is 0 Å². The van der Waals surface area contributed by atoms with Gasteiger partial charge in [-0.1, -0.05) is 6.92 Å². The van der Waals surface area contributed by atoms with E-state index in [1.54, 1.807) is 7.05 Å². The van der Waals surface area contributed by atoms with Crippen LogP contribution in [0, 0.1) is 0 Å². The molecule has 1 aliphatic rings. The quantitative estimate of drug-likeness (QED) is 0.666. The number of rotatable bonds is 1. The number of fused-ring (bicyclic) bond motifs is 1. The number of nitrogens with zero attached hydrogens (tertiary/aromatic N) is 2. The molecule has 1 aromatic rings. The van der Waals surface area contributed by atoms with E-state index >= 15 is 0 Å². The van der Waals surface area contributed by atoms with Crippen LogP contribution in [0.5, 0.6) is 5.75 Å². The Hall–Kier alpha value is -1.58. The standard InChI is InChI=1S/C10H12N2O2/c1-3-7-4-5-8-10(11-7)12(2)9(13)6-14-8/h4-5H,3,6H2,1-2H3. The Bertz CT molecular complexity index is 376. The maximum atomic E-state index is 11.3. The summed E-state index contributed by atoms with van der Waals surface area (Å²) in [4.78, 5) is 17.2. The first-order chi connectivity index (χ1) is 6.72. The summed E-state index contributed by atoms with van der Waals surface area (Å²) in [5.74, 6) is 1.25. The number of aryl methyl sites for hydroxylation is 1. The molecule has 0 spiro atoms. The summed E-state index contributed by atoms with van der Waals surface area (Å²) < 4.78 is 5.25. The van der Waals surface area contributed by atoms with Crippen molar-refractivity contribution >= 4 is 11.7 Å². The molecule has 74 valence electrons. The highest BCUT2D eigenvalue weighted by Gasteiger charge is 2.23. The third-order valence-electron chi connectivity index (χ3n) is 2.30. The van der Waals surface area contributed by atoms with Gasteiger partial charge in [-0.25, -0.2) is 4.98 Å². The van der Waals surface area contributed by atoms with Crippen LogP contribution in [0.15, 0.2) is 12.1 Å². The highest BCUT2D eigenvalue weighted by atomic mass is 16.5. The summed E-state index contributed by atoms with van der Waals surface area (Å²) in [5, 5.41) is 0. The molecular formula is C10H12N2O2. The molecule has 4 heteroatoms. The zero-order valence-corrected chi connectivity index (χ0v) is 8.28. The van der Waals surface area contributed by atoms with Crippen molar-refractivity contribution in [2.45, 2.75) is 13.3 Å². The molecule has 0 unspecified atom stereocenters. The molecule has 2 heterocycles. The average molecular weight is 192 g/mol. The predicted octanol–water partition coefficient (Wildman–Crippen LogP) is 0.999. The molecule has 14 heavy (non-hydrogen) atoms. The summed E-state index contributed by atoms with van der Waals surface area (Å²) in [6.07, 6.45) is 0.856. The fraction of sp³-hybridized carbons (Fsp3) is 0.400. The largest absolute Gasteiger partial charge is 0.480 e. The van der Waals surface area contributed by atoms with Gasteiger partial charge < -0.3 is 4.74 Å². The Balaban J connectivity index is 2.46. The molecule has 0 saturated carbocycles. The minimum absolute atomic E-state index is 0.0572. The number of pyridine rings is 1. The van der Waals surface area contributed by atoms with E-state index in [0.717, 1.165) is 12.1 Å². The van der Waals surface area contributed by atoms with Crippen LogP contribution in [0.4, 0.5) is 5.82 Å². The van der Waals surface area contributed by atoms with Crippen LogP contribution in [0.2, 0.25) is 0 Å². The van der Waals surface area contributed by atoms with Gasteiger partial charge in [-0.3, -0.25) is 9.69 Å². The lowest BCUT2D eigenvalue weighted by Gasteiger charge is -2.24. The van der Waals surface area contributed by atoms with Crippen LogP contribution in [-0.2, 0) is 11.2 Å². The van der Waals surface area contributed by atoms with Gasteiger partial charge in [0.25, 0.3) is 5.91 Å². The van der Waals surface area contributed by atoms with Crippen LogP contribution in [-0.4, -0.2) is 24.5 Å². The van der Waals surface area contributed by atoms with Gasteiger partial charge >= 0.3 is 0 Å². The van der Waals surface area contributed by atoms with Crippen molar-refractivity contribution in [1.82, 2.24) is 4.98 Å². The van der Waals surface area contributed by atoms with Crippen LogP contribution >= 0.6 is 0 Å². The number of amides is 1. The van der Waals surface area contributed by atoms with E-state index in [9.17, 15) is 4.79 Å². The Kier molecular flexibility index (Phi) is 2.11. The van der Waals surface area contributed by atoms with E-state index < -0.39 is 0 Å². The van der Waals surface area contributed by atoms with Gasteiger partial charge in [0.2, 0.25) is 0 Å². The average Bonchev–Trinajstić information content (AvgIpc) is 2.23. The zero-order valence-electron chi connectivity index (χ0n) is 8.28. The molecule has 1 aliphatic heterocycles. The first-order valence-electron chi connectivity index (χ1n) is 4.61. The zero-order chi connectivity index (χ0) is 10.1. The van der Waals surface area contributed by atoms with E-state index in [4.69, 9.17) is 4.74 Å². The second kappa shape index (κ2) is 3.29. The molecule has 4 nitrogen and oxygen atoms in total. The number of carbonyl (C=O) groups is 1. The minimum Gasteiger partial charge on any atom is -0.480 e. The fourth-order valence-corrected chi connectivity index (χ4v) is 1.38. The van der Waals surface area contributed by atoms with E-state index in [0.29, 0.717) is 11.6 Å². The highest BCUT2D eigenvalue weighted by Crippen LogP contribution is 2.28. The summed E-state index contributed by atoms with van der Waals surface area (Å²) in [6, 6.07) is 3.78. The number of ether oxygens (including phenoxy) is 1. The maximum absolute atomic E-state index is 11.3. The number of carbonyl (C=O) groups excluding carboxylic acids is 1. The molecule has 0 atom stereocenters.